The number of carbonyl (C=O) groups is 1. The Balaban J connectivity index is 1.64. The second kappa shape index (κ2) is 5.57. The molecule has 0 saturated heterocycles. The van der Waals surface area contributed by atoms with E-state index in [1.165, 1.54) is 31.2 Å². The van der Waals surface area contributed by atoms with Crippen LogP contribution < -0.4 is 10.6 Å². The lowest BCUT2D eigenvalue weighted by Crippen LogP contribution is -2.43. The molecule has 0 aromatic heterocycles. The van der Waals surface area contributed by atoms with E-state index in [1.54, 1.807) is 0 Å². The summed E-state index contributed by atoms with van der Waals surface area (Å²) in [5.74, 6) is 0.138. The van der Waals surface area contributed by atoms with Gasteiger partial charge < -0.3 is 10.6 Å². The van der Waals surface area contributed by atoms with Gasteiger partial charge in [0.2, 0.25) is 5.91 Å². The van der Waals surface area contributed by atoms with Crippen LogP contribution in [0.25, 0.3) is 0 Å². The van der Waals surface area contributed by atoms with Crippen molar-refractivity contribution in [1.29, 1.82) is 0 Å². The summed E-state index contributed by atoms with van der Waals surface area (Å²) in [6.45, 7) is 3.95. The summed E-state index contributed by atoms with van der Waals surface area (Å²) in [5, 5.41) is 6.53. The van der Waals surface area contributed by atoms with E-state index in [4.69, 9.17) is 0 Å². The Morgan fingerprint density at radius 2 is 2.20 bits per heavy atom. The van der Waals surface area contributed by atoms with Gasteiger partial charge in [0.15, 0.2) is 0 Å². The van der Waals surface area contributed by atoms with E-state index >= 15 is 0 Å². The highest BCUT2D eigenvalue weighted by Gasteiger charge is 2.42. The number of rotatable bonds is 5. The largest absolute Gasteiger partial charge is 0.354 e. The summed E-state index contributed by atoms with van der Waals surface area (Å²) >= 11 is 0. The van der Waals surface area contributed by atoms with Gasteiger partial charge in [-0.2, -0.15) is 0 Å². The van der Waals surface area contributed by atoms with E-state index in [9.17, 15) is 4.79 Å². The van der Waals surface area contributed by atoms with Crippen molar-refractivity contribution >= 4 is 5.91 Å². The Morgan fingerprint density at radius 3 is 2.95 bits per heavy atom. The van der Waals surface area contributed by atoms with E-state index in [-0.39, 0.29) is 11.9 Å². The van der Waals surface area contributed by atoms with Crippen LogP contribution in [0.3, 0.4) is 0 Å². The molecule has 3 heteroatoms. The Hall–Kier alpha value is -1.35. The minimum absolute atomic E-state index is 0.138. The van der Waals surface area contributed by atoms with Crippen molar-refractivity contribution in [2.45, 2.75) is 45.1 Å². The van der Waals surface area contributed by atoms with E-state index < -0.39 is 0 Å². The predicted octanol–water partition coefficient (Wildman–Crippen LogP) is 2.57. The third kappa shape index (κ3) is 2.73. The van der Waals surface area contributed by atoms with E-state index in [2.05, 4.69) is 35.8 Å². The number of carbonyl (C=O) groups excluding carboxylic acids is 1. The number of hydrogen-bond donors (Lipinski definition) is 2. The molecule has 2 N–H and O–H groups in total. The molecule has 108 valence electrons. The summed E-state index contributed by atoms with van der Waals surface area (Å²) < 4.78 is 0. The van der Waals surface area contributed by atoms with Crippen molar-refractivity contribution < 1.29 is 4.79 Å². The third-order valence-corrected chi connectivity index (χ3v) is 4.75. The fourth-order valence-electron chi connectivity index (χ4n) is 3.34. The lowest BCUT2D eigenvalue weighted by molar-refractivity contribution is -0.123. The average Bonchev–Trinajstić information content (AvgIpc) is 3.25. The molecular weight excluding hydrogens is 248 g/mol. The van der Waals surface area contributed by atoms with Crippen LogP contribution in [0.4, 0.5) is 0 Å². The molecule has 2 aliphatic rings. The first-order valence-corrected chi connectivity index (χ1v) is 7.83. The highest BCUT2D eigenvalue weighted by atomic mass is 16.2. The number of amides is 1. The van der Waals surface area contributed by atoms with Gasteiger partial charge in [0.05, 0.1) is 0 Å². The van der Waals surface area contributed by atoms with Crippen molar-refractivity contribution in [3.63, 3.8) is 0 Å². The first-order chi connectivity index (χ1) is 9.74. The molecule has 0 spiro atoms. The number of nitrogens with one attached hydrogen (secondary N) is 2. The van der Waals surface area contributed by atoms with Crippen molar-refractivity contribution in [2.75, 3.05) is 13.1 Å². The second-order valence-corrected chi connectivity index (χ2v) is 6.30. The Labute approximate surface area is 121 Å². The quantitative estimate of drug-likeness (QED) is 0.865. The number of fused-ring (bicyclic) bond motifs is 1. The van der Waals surface area contributed by atoms with Gasteiger partial charge >= 0.3 is 0 Å². The Kier molecular flexibility index (Phi) is 3.79. The Morgan fingerprint density at radius 1 is 1.40 bits per heavy atom. The monoisotopic (exact) mass is 272 g/mol. The first kappa shape index (κ1) is 13.6. The van der Waals surface area contributed by atoms with Crippen LogP contribution in [0.5, 0.6) is 0 Å². The number of benzene rings is 1. The maximum Gasteiger partial charge on any atom is 0.241 e. The molecule has 1 saturated carbocycles. The van der Waals surface area contributed by atoms with Gasteiger partial charge in [0, 0.05) is 13.1 Å². The molecule has 1 heterocycles. The summed E-state index contributed by atoms with van der Waals surface area (Å²) in [6.07, 6.45) is 6.01. The van der Waals surface area contributed by atoms with Gasteiger partial charge in [-0.25, -0.2) is 0 Å². The summed E-state index contributed by atoms with van der Waals surface area (Å²) in [7, 11) is 0. The minimum Gasteiger partial charge on any atom is -0.354 e. The molecule has 1 aliphatic carbocycles. The summed E-state index contributed by atoms with van der Waals surface area (Å²) in [6, 6.07) is 8.11. The average molecular weight is 272 g/mol. The molecule has 3 nitrogen and oxygen atoms in total. The van der Waals surface area contributed by atoms with Gasteiger partial charge in [-0.15, -0.1) is 0 Å². The lowest BCUT2D eigenvalue weighted by atomic mass is 9.93. The zero-order chi connectivity index (χ0) is 14.0. The van der Waals surface area contributed by atoms with E-state index in [0.29, 0.717) is 5.41 Å². The maximum atomic E-state index is 12.5. The molecular formula is C17H24N2O. The fraction of sp³-hybridized carbons (Fsp3) is 0.588. The molecule has 1 amide bonds. The molecule has 1 aliphatic heterocycles. The van der Waals surface area contributed by atoms with Gasteiger partial charge in [-0.3, -0.25) is 4.79 Å². The van der Waals surface area contributed by atoms with Gasteiger partial charge in [0.1, 0.15) is 6.04 Å². The molecule has 1 atom stereocenters. The van der Waals surface area contributed by atoms with Crippen LogP contribution in [0.2, 0.25) is 0 Å². The van der Waals surface area contributed by atoms with Crippen LogP contribution in [0, 0.1) is 5.41 Å². The molecule has 3 rings (SSSR count). The molecule has 1 aromatic carbocycles. The molecule has 1 unspecified atom stereocenters. The van der Waals surface area contributed by atoms with Crippen molar-refractivity contribution in [2.24, 2.45) is 5.41 Å². The van der Waals surface area contributed by atoms with Gasteiger partial charge in [-0.05, 0) is 42.2 Å². The first-order valence-electron chi connectivity index (χ1n) is 7.83. The van der Waals surface area contributed by atoms with Crippen LogP contribution >= 0.6 is 0 Å². The van der Waals surface area contributed by atoms with Crippen molar-refractivity contribution in [3.05, 3.63) is 35.4 Å². The lowest BCUT2D eigenvalue weighted by Gasteiger charge is -2.27. The smallest absolute Gasteiger partial charge is 0.241 e. The molecule has 1 aromatic rings. The topological polar surface area (TPSA) is 41.1 Å². The van der Waals surface area contributed by atoms with Crippen LogP contribution in [-0.2, 0) is 11.2 Å². The van der Waals surface area contributed by atoms with Crippen LogP contribution in [-0.4, -0.2) is 19.0 Å². The highest BCUT2D eigenvalue weighted by Crippen LogP contribution is 2.49. The van der Waals surface area contributed by atoms with E-state index in [0.717, 1.165) is 25.1 Å². The third-order valence-electron chi connectivity index (χ3n) is 4.75. The summed E-state index contributed by atoms with van der Waals surface area (Å²) in [4.78, 5) is 12.5. The molecule has 0 radical (unpaired) electrons. The zero-order valence-corrected chi connectivity index (χ0v) is 12.2. The fourth-order valence-corrected chi connectivity index (χ4v) is 3.34. The predicted molar refractivity (Wildman–Crippen MR) is 80.5 cm³/mol. The van der Waals surface area contributed by atoms with Crippen molar-refractivity contribution in [3.8, 4) is 0 Å². The van der Waals surface area contributed by atoms with Gasteiger partial charge in [-0.1, -0.05) is 37.6 Å². The van der Waals surface area contributed by atoms with Crippen molar-refractivity contribution in [1.82, 2.24) is 10.6 Å². The second-order valence-electron chi connectivity index (χ2n) is 6.30. The highest BCUT2D eigenvalue weighted by molar-refractivity contribution is 5.84. The maximum absolute atomic E-state index is 12.5. The molecule has 20 heavy (non-hydrogen) atoms. The SMILES string of the molecule is CCCC1(CNC(=O)C2NCCc3ccccc32)CC1. The van der Waals surface area contributed by atoms with E-state index in [1.807, 2.05) is 6.07 Å². The molecule has 0 bridgehead atoms. The molecule has 1 fully saturated rings. The summed E-state index contributed by atoms with van der Waals surface area (Å²) in [5.41, 5.74) is 2.87. The normalized spacial score (nSPS) is 22.9. The number of hydrogen-bond acceptors (Lipinski definition) is 2. The minimum atomic E-state index is -0.169. The standard InChI is InChI=1S/C17H24N2O/c1-2-8-17(9-10-17)12-19-16(20)15-14-6-4-3-5-13(14)7-11-18-15/h3-6,15,18H,2,7-12H2,1H3,(H,19,20). The Bertz CT molecular complexity index is 494. The zero-order valence-electron chi connectivity index (χ0n) is 12.2. The van der Waals surface area contributed by atoms with Gasteiger partial charge in [0.25, 0.3) is 0 Å². The van der Waals surface area contributed by atoms with Crippen LogP contribution in [0.15, 0.2) is 24.3 Å². The van der Waals surface area contributed by atoms with Crippen LogP contribution in [0.1, 0.15) is 49.8 Å².